The van der Waals surface area contributed by atoms with Gasteiger partial charge in [0, 0.05) is 55.1 Å². The zero-order chi connectivity index (χ0) is 25.3. The van der Waals surface area contributed by atoms with Crippen LogP contribution in [0.25, 0.3) is 21.9 Å². The Morgan fingerprint density at radius 1 is 0.917 bits per heavy atom. The van der Waals surface area contributed by atoms with E-state index in [-0.39, 0.29) is 23.9 Å². The summed E-state index contributed by atoms with van der Waals surface area (Å²) in [6, 6.07) is 21.5. The summed E-state index contributed by atoms with van der Waals surface area (Å²) in [7, 11) is -3.67. The molecule has 2 heterocycles. The van der Waals surface area contributed by atoms with Crippen LogP contribution in [-0.2, 0) is 16.6 Å². The van der Waals surface area contributed by atoms with E-state index in [0.717, 1.165) is 27.6 Å². The minimum absolute atomic E-state index is 0.119. The molecule has 1 aliphatic heterocycles. The van der Waals surface area contributed by atoms with Crippen molar-refractivity contribution in [3.63, 3.8) is 0 Å². The van der Waals surface area contributed by atoms with E-state index < -0.39 is 10.0 Å². The number of piperazine rings is 1. The number of benzene rings is 3. The maximum Gasteiger partial charge on any atom is 0.253 e. The number of hydrogen-bond acceptors (Lipinski definition) is 5. The van der Waals surface area contributed by atoms with Crippen molar-refractivity contribution < 1.29 is 13.2 Å². The third kappa shape index (κ3) is 4.73. The van der Waals surface area contributed by atoms with Crippen LogP contribution in [0.15, 0.2) is 83.9 Å². The number of sulfonamides is 1. The second-order valence-corrected chi connectivity index (χ2v) is 11.0. The predicted molar refractivity (Wildman–Crippen MR) is 141 cm³/mol. The van der Waals surface area contributed by atoms with Crippen LogP contribution in [0.1, 0.15) is 16.1 Å². The summed E-state index contributed by atoms with van der Waals surface area (Å²) in [5.41, 5.74) is 9.03. The summed E-state index contributed by atoms with van der Waals surface area (Å²) in [6.45, 7) is 1.45. The van der Waals surface area contributed by atoms with Gasteiger partial charge in [-0.3, -0.25) is 9.78 Å². The van der Waals surface area contributed by atoms with Crippen molar-refractivity contribution in [3.05, 3.63) is 95.3 Å². The first-order chi connectivity index (χ1) is 17.4. The van der Waals surface area contributed by atoms with Gasteiger partial charge in [-0.05, 0) is 58.8 Å². The van der Waals surface area contributed by atoms with Gasteiger partial charge in [0.15, 0.2) is 0 Å². The molecule has 1 aliphatic rings. The number of carbonyl (C=O) groups is 1. The van der Waals surface area contributed by atoms with Crippen LogP contribution < -0.4 is 5.73 Å². The van der Waals surface area contributed by atoms with Crippen LogP contribution in [0.3, 0.4) is 0 Å². The van der Waals surface area contributed by atoms with Crippen LogP contribution in [0.5, 0.6) is 0 Å². The zero-order valence-corrected chi connectivity index (χ0v) is 21.0. The van der Waals surface area contributed by atoms with E-state index in [0.29, 0.717) is 30.2 Å². The van der Waals surface area contributed by atoms with E-state index >= 15 is 0 Å². The fourth-order valence-corrected chi connectivity index (χ4v) is 6.11. The molecule has 1 saturated heterocycles. The monoisotopic (exact) mass is 520 g/mol. The van der Waals surface area contributed by atoms with Gasteiger partial charge in [0.25, 0.3) is 5.91 Å². The first-order valence-electron chi connectivity index (χ1n) is 11.6. The van der Waals surface area contributed by atoms with Gasteiger partial charge in [-0.1, -0.05) is 41.9 Å². The number of aromatic nitrogens is 1. The molecule has 0 spiro atoms. The Morgan fingerprint density at radius 3 is 2.33 bits per heavy atom. The van der Waals surface area contributed by atoms with Gasteiger partial charge in [-0.25, -0.2) is 8.42 Å². The Bertz CT molecular complexity index is 1530. The lowest BCUT2D eigenvalue weighted by Crippen LogP contribution is -2.50. The van der Waals surface area contributed by atoms with Gasteiger partial charge < -0.3 is 10.6 Å². The van der Waals surface area contributed by atoms with E-state index in [1.54, 1.807) is 53.6 Å². The van der Waals surface area contributed by atoms with Crippen LogP contribution >= 0.6 is 11.6 Å². The van der Waals surface area contributed by atoms with E-state index in [9.17, 15) is 13.2 Å². The first-order valence-corrected chi connectivity index (χ1v) is 13.4. The van der Waals surface area contributed by atoms with Crippen LogP contribution in [0, 0.1) is 0 Å². The highest BCUT2D eigenvalue weighted by Crippen LogP contribution is 2.26. The average Bonchev–Trinajstić information content (AvgIpc) is 2.92. The Kier molecular flexibility index (Phi) is 6.77. The Balaban J connectivity index is 1.27. The number of amides is 1. The number of nitrogens with two attached hydrogens (primary N) is 1. The SMILES string of the molecule is NCc1ncccc1-c1ccc(C(=O)N2CCN(S(=O)(=O)c3ccc4cc(Cl)ccc4c3)CC2)cc1. The van der Waals surface area contributed by atoms with Gasteiger partial charge >= 0.3 is 0 Å². The number of halogens is 1. The second kappa shape index (κ2) is 9.99. The summed E-state index contributed by atoms with van der Waals surface area (Å²) in [5, 5.41) is 2.29. The van der Waals surface area contributed by atoms with Gasteiger partial charge in [0.05, 0.1) is 10.6 Å². The van der Waals surface area contributed by atoms with Gasteiger partial charge in [-0.2, -0.15) is 4.31 Å². The lowest BCUT2D eigenvalue weighted by atomic mass is 10.0. The van der Waals surface area contributed by atoms with E-state index in [2.05, 4.69) is 4.98 Å². The van der Waals surface area contributed by atoms with Crippen LogP contribution in [0.2, 0.25) is 5.02 Å². The minimum Gasteiger partial charge on any atom is -0.336 e. The molecule has 4 aromatic rings. The van der Waals surface area contributed by atoms with Gasteiger partial charge in [-0.15, -0.1) is 0 Å². The molecule has 2 N–H and O–H groups in total. The fraction of sp³-hybridized carbons (Fsp3) is 0.185. The van der Waals surface area contributed by atoms with Crippen molar-refractivity contribution in [2.45, 2.75) is 11.4 Å². The average molecular weight is 521 g/mol. The molecule has 3 aromatic carbocycles. The van der Waals surface area contributed by atoms with Crippen LogP contribution in [0.4, 0.5) is 0 Å². The number of fused-ring (bicyclic) bond motifs is 1. The molecular formula is C27H25ClN4O3S. The van der Waals surface area contributed by atoms with E-state index in [4.69, 9.17) is 17.3 Å². The predicted octanol–water partition coefficient (Wildman–Crippen LogP) is 4.16. The fourth-order valence-electron chi connectivity index (χ4n) is 4.47. The lowest BCUT2D eigenvalue weighted by Gasteiger charge is -2.34. The van der Waals surface area contributed by atoms with Crippen LogP contribution in [-0.4, -0.2) is 54.7 Å². The quantitative estimate of drug-likeness (QED) is 0.426. The van der Waals surface area contributed by atoms with Crippen molar-refractivity contribution in [3.8, 4) is 11.1 Å². The Labute approximate surface area is 215 Å². The molecule has 184 valence electrons. The lowest BCUT2D eigenvalue weighted by molar-refractivity contribution is 0.0698. The summed E-state index contributed by atoms with van der Waals surface area (Å²) >= 11 is 6.04. The molecule has 0 aliphatic carbocycles. The molecule has 9 heteroatoms. The molecule has 0 atom stereocenters. The van der Waals surface area contributed by atoms with E-state index in [1.165, 1.54) is 4.31 Å². The molecule has 36 heavy (non-hydrogen) atoms. The van der Waals surface area contributed by atoms with Crippen molar-refractivity contribution in [1.29, 1.82) is 0 Å². The standard InChI is InChI=1S/C27H25ClN4O3S/c28-23-9-7-22-17-24(10-8-21(22)16-23)36(34,35)32-14-12-31(13-15-32)27(33)20-5-3-19(4-6-20)25-2-1-11-30-26(25)18-29/h1-11,16-17H,12-15,18,29H2. The Morgan fingerprint density at radius 2 is 1.61 bits per heavy atom. The van der Waals surface area contributed by atoms with Gasteiger partial charge in [0.1, 0.15) is 0 Å². The molecule has 5 rings (SSSR count). The number of hydrogen-bond donors (Lipinski definition) is 1. The molecular weight excluding hydrogens is 496 g/mol. The smallest absolute Gasteiger partial charge is 0.253 e. The molecule has 7 nitrogen and oxygen atoms in total. The first kappa shape index (κ1) is 24.4. The molecule has 0 bridgehead atoms. The zero-order valence-electron chi connectivity index (χ0n) is 19.5. The van der Waals surface area contributed by atoms with E-state index in [1.807, 2.05) is 30.3 Å². The maximum absolute atomic E-state index is 13.3. The van der Waals surface area contributed by atoms with Crippen molar-refractivity contribution in [1.82, 2.24) is 14.2 Å². The van der Waals surface area contributed by atoms with Crippen molar-refractivity contribution in [2.75, 3.05) is 26.2 Å². The summed E-state index contributed by atoms with van der Waals surface area (Å²) in [6.07, 6.45) is 1.71. The normalized spacial score (nSPS) is 14.8. The molecule has 1 amide bonds. The summed E-state index contributed by atoms with van der Waals surface area (Å²) in [4.78, 5) is 19.3. The highest BCUT2D eigenvalue weighted by molar-refractivity contribution is 7.89. The molecule has 0 saturated carbocycles. The summed E-state index contributed by atoms with van der Waals surface area (Å²) in [5.74, 6) is -0.119. The Hall–Kier alpha value is -3.30. The number of nitrogens with zero attached hydrogens (tertiary/aromatic N) is 3. The number of rotatable bonds is 5. The number of carbonyl (C=O) groups excluding carboxylic acids is 1. The largest absolute Gasteiger partial charge is 0.336 e. The second-order valence-electron chi connectivity index (χ2n) is 8.63. The molecule has 1 aromatic heterocycles. The topological polar surface area (TPSA) is 96.6 Å². The maximum atomic E-state index is 13.3. The molecule has 1 fully saturated rings. The number of pyridine rings is 1. The third-order valence-electron chi connectivity index (χ3n) is 6.46. The van der Waals surface area contributed by atoms with Crippen molar-refractivity contribution >= 4 is 38.3 Å². The van der Waals surface area contributed by atoms with Gasteiger partial charge in [0.2, 0.25) is 10.0 Å². The minimum atomic E-state index is -3.67. The van der Waals surface area contributed by atoms with Crippen molar-refractivity contribution in [2.24, 2.45) is 5.73 Å². The highest BCUT2D eigenvalue weighted by atomic mass is 35.5. The summed E-state index contributed by atoms with van der Waals surface area (Å²) < 4.78 is 27.9. The molecule has 0 unspecified atom stereocenters. The molecule has 0 radical (unpaired) electrons. The third-order valence-corrected chi connectivity index (χ3v) is 8.59. The highest BCUT2D eigenvalue weighted by Gasteiger charge is 2.30.